The molecule has 3 aromatic rings. The molecular weight excluding hydrogens is 467 g/mol. The van der Waals surface area contributed by atoms with Gasteiger partial charge in [0, 0.05) is 25.7 Å². The first-order valence-electron chi connectivity index (χ1n) is 9.29. The molecule has 0 amide bonds. The second kappa shape index (κ2) is 12.3. The van der Waals surface area contributed by atoms with Crippen LogP contribution in [-0.2, 0) is 17.8 Å². The number of ether oxygens (including phenoxy) is 1. The lowest BCUT2D eigenvalue weighted by atomic mass is 10.2. The molecule has 0 saturated heterocycles. The standard InChI is InChI=1S/C20H26N6O.HI/c1-2-21-20(23-13-15-27-16-17-8-4-3-5-9-17)22-12-11-19-25-24-18-10-6-7-14-26(18)19;/h3-10,14H,2,11-13,15-16H2,1H3,(H2,21,22,23);1H. The van der Waals surface area contributed by atoms with Crippen molar-refractivity contribution >= 4 is 35.6 Å². The number of benzene rings is 1. The number of pyridine rings is 1. The van der Waals surface area contributed by atoms with Gasteiger partial charge in [-0.3, -0.25) is 9.39 Å². The number of fused-ring (bicyclic) bond motifs is 1. The zero-order chi connectivity index (χ0) is 18.7. The van der Waals surface area contributed by atoms with E-state index in [1.807, 2.05) is 47.0 Å². The number of rotatable bonds is 9. The van der Waals surface area contributed by atoms with Crippen LogP contribution in [0.4, 0.5) is 0 Å². The van der Waals surface area contributed by atoms with Crippen LogP contribution in [0.1, 0.15) is 18.3 Å². The van der Waals surface area contributed by atoms with Gasteiger partial charge >= 0.3 is 0 Å². The second-order valence-corrected chi connectivity index (χ2v) is 6.02. The summed E-state index contributed by atoms with van der Waals surface area (Å²) in [7, 11) is 0. The fraction of sp³-hybridized carbons (Fsp3) is 0.350. The summed E-state index contributed by atoms with van der Waals surface area (Å²) in [6, 6.07) is 16.0. The Morgan fingerprint density at radius 2 is 1.89 bits per heavy atom. The minimum atomic E-state index is 0. The summed E-state index contributed by atoms with van der Waals surface area (Å²) in [4.78, 5) is 4.55. The van der Waals surface area contributed by atoms with Crippen molar-refractivity contribution in [3.8, 4) is 0 Å². The van der Waals surface area contributed by atoms with E-state index < -0.39 is 0 Å². The highest BCUT2D eigenvalue weighted by Gasteiger charge is 2.04. The zero-order valence-electron chi connectivity index (χ0n) is 16.0. The average molecular weight is 494 g/mol. The van der Waals surface area contributed by atoms with Crippen molar-refractivity contribution < 1.29 is 4.74 Å². The highest BCUT2D eigenvalue weighted by Crippen LogP contribution is 2.03. The molecule has 8 heteroatoms. The van der Waals surface area contributed by atoms with Crippen LogP contribution < -0.4 is 10.6 Å². The molecule has 0 saturated carbocycles. The van der Waals surface area contributed by atoms with Gasteiger partial charge in [0.15, 0.2) is 11.6 Å². The van der Waals surface area contributed by atoms with Gasteiger partial charge in [0.2, 0.25) is 0 Å². The molecule has 0 aliphatic carbocycles. The van der Waals surface area contributed by atoms with Crippen molar-refractivity contribution in [1.82, 2.24) is 25.2 Å². The monoisotopic (exact) mass is 494 g/mol. The van der Waals surface area contributed by atoms with E-state index in [0.29, 0.717) is 19.8 Å². The third kappa shape index (κ3) is 6.75. The summed E-state index contributed by atoms with van der Waals surface area (Å²) < 4.78 is 7.68. The van der Waals surface area contributed by atoms with Crippen LogP contribution >= 0.6 is 24.0 Å². The number of aliphatic imine (C=N–C) groups is 1. The van der Waals surface area contributed by atoms with Crippen molar-refractivity contribution in [2.24, 2.45) is 4.99 Å². The average Bonchev–Trinajstić information content (AvgIpc) is 3.12. The van der Waals surface area contributed by atoms with Crippen LogP contribution in [0.3, 0.4) is 0 Å². The molecule has 28 heavy (non-hydrogen) atoms. The van der Waals surface area contributed by atoms with E-state index in [2.05, 4.69) is 44.9 Å². The van der Waals surface area contributed by atoms with Crippen LogP contribution in [0.25, 0.3) is 5.65 Å². The highest BCUT2D eigenvalue weighted by atomic mass is 127. The van der Waals surface area contributed by atoms with Gasteiger partial charge in [-0.25, -0.2) is 0 Å². The first-order valence-corrected chi connectivity index (χ1v) is 9.29. The predicted octanol–water partition coefficient (Wildman–Crippen LogP) is 2.66. The van der Waals surface area contributed by atoms with Crippen molar-refractivity contribution in [1.29, 1.82) is 0 Å². The molecule has 0 fully saturated rings. The summed E-state index contributed by atoms with van der Waals surface area (Å²) in [5.74, 6) is 1.72. The van der Waals surface area contributed by atoms with Crippen molar-refractivity contribution in [2.45, 2.75) is 20.0 Å². The topological polar surface area (TPSA) is 75.8 Å². The summed E-state index contributed by atoms with van der Waals surface area (Å²) in [6.07, 6.45) is 2.74. The van der Waals surface area contributed by atoms with E-state index in [-0.39, 0.29) is 24.0 Å². The second-order valence-electron chi connectivity index (χ2n) is 6.02. The first-order chi connectivity index (χ1) is 13.4. The Balaban J connectivity index is 0.00000280. The van der Waals surface area contributed by atoms with Crippen LogP contribution in [0.5, 0.6) is 0 Å². The number of aromatic nitrogens is 3. The lowest BCUT2D eigenvalue weighted by Gasteiger charge is -2.11. The number of hydrogen-bond donors (Lipinski definition) is 2. The number of hydrogen-bond acceptors (Lipinski definition) is 4. The van der Waals surface area contributed by atoms with Gasteiger partial charge < -0.3 is 15.4 Å². The Morgan fingerprint density at radius 3 is 2.71 bits per heavy atom. The Labute approximate surface area is 182 Å². The third-order valence-corrected chi connectivity index (χ3v) is 3.99. The van der Waals surface area contributed by atoms with Gasteiger partial charge in [0.1, 0.15) is 5.82 Å². The molecule has 0 unspecified atom stereocenters. The van der Waals surface area contributed by atoms with Crippen molar-refractivity contribution in [2.75, 3.05) is 26.2 Å². The fourth-order valence-corrected chi connectivity index (χ4v) is 2.68. The smallest absolute Gasteiger partial charge is 0.191 e. The molecule has 7 nitrogen and oxygen atoms in total. The number of halogens is 1. The molecule has 0 radical (unpaired) electrons. The summed E-state index contributed by atoms with van der Waals surface area (Å²) in [5.41, 5.74) is 2.04. The van der Waals surface area contributed by atoms with Crippen LogP contribution in [0, 0.1) is 0 Å². The maximum Gasteiger partial charge on any atom is 0.191 e. The molecule has 1 aromatic carbocycles. The summed E-state index contributed by atoms with van der Waals surface area (Å²) in [5, 5.41) is 15.0. The molecule has 2 aromatic heterocycles. The predicted molar refractivity (Wildman–Crippen MR) is 122 cm³/mol. The lowest BCUT2D eigenvalue weighted by molar-refractivity contribution is 0.128. The molecule has 0 bridgehead atoms. The highest BCUT2D eigenvalue weighted by molar-refractivity contribution is 14.0. The van der Waals surface area contributed by atoms with E-state index in [1.165, 1.54) is 5.56 Å². The summed E-state index contributed by atoms with van der Waals surface area (Å²) in [6.45, 7) is 5.39. The molecular formula is C20H27IN6O. The van der Waals surface area contributed by atoms with Crippen molar-refractivity contribution in [3.05, 3.63) is 66.1 Å². The van der Waals surface area contributed by atoms with Crippen LogP contribution in [-0.4, -0.2) is 46.8 Å². The van der Waals surface area contributed by atoms with E-state index >= 15 is 0 Å². The van der Waals surface area contributed by atoms with Gasteiger partial charge in [-0.1, -0.05) is 36.4 Å². The Kier molecular flexibility index (Phi) is 9.70. The minimum absolute atomic E-state index is 0. The van der Waals surface area contributed by atoms with Gasteiger partial charge in [-0.15, -0.1) is 34.2 Å². The van der Waals surface area contributed by atoms with E-state index in [0.717, 1.165) is 36.9 Å². The van der Waals surface area contributed by atoms with Crippen LogP contribution in [0.2, 0.25) is 0 Å². The van der Waals surface area contributed by atoms with Crippen LogP contribution in [0.15, 0.2) is 59.7 Å². The SMILES string of the molecule is CCNC(=NCCOCc1ccccc1)NCCc1nnc2ccccn12.I. The normalized spacial score (nSPS) is 11.2. The Morgan fingerprint density at radius 1 is 1.07 bits per heavy atom. The van der Waals surface area contributed by atoms with E-state index in [4.69, 9.17) is 4.74 Å². The number of nitrogens with one attached hydrogen (secondary N) is 2. The molecule has 0 spiro atoms. The van der Waals surface area contributed by atoms with E-state index in [1.54, 1.807) is 0 Å². The number of nitrogens with zero attached hydrogens (tertiary/aromatic N) is 4. The van der Waals surface area contributed by atoms with Gasteiger partial charge in [0.25, 0.3) is 0 Å². The fourth-order valence-electron chi connectivity index (χ4n) is 2.68. The van der Waals surface area contributed by atoms with Gasteiger partial charge in [-0.2, -0.15) is 0 Å². The third-order valence-electron chi connectivity index (χ3n) is 3.99. The zero-order valence-corrected chi connectivity index (χ0v) is 18.4. The van der Waals surface area contributed by atoms with Crippen molar-refractivity contribution in [3.63, 3.8) is 0 Å². The Hall–Kier alpha value is -2.20. The molecule has 2 heterocycles. The number of guanidine groups is 1. The largest absolute Gasteiger partial charge is 0.375 e. The maximum absolute atomic E-state index is 5.68. The lowest BCUT2D eigenvalue weighted by Crippen LogP contribution is -2.38. The summed E-state index contributed by atoms with van der Waals surface area (Å²) >= 11 is 0. The molecule has 150 valence electrons. The quantitative estimate of drug-likeness (QED) is 0.207. The van der Waals surface area contributed by atoms with Gasteiger partial charge in [-0.05, 0) is 24.6 Å². The minimum Gasteiger partial charge on any atom is -0.375 e. The molecule has 2 N–H and O–H groups in total. The molecule has 3 rings (SSSR count). The maximum atomic E-state index is 5.68. The molecule has 0 aliphatic rings. The van der Waals surface area contributed by atoms with Gasteiger partial charge in [0.05, 0.1) is 19.8 Å². The molecule has 0 atom stereocenters. The van der Waals surface area contributed by atoms with E-state index in [9.17, 15) is 0 Å². The Bertz CT molecular complexity index is 852. The first kappa shape index (κ1) is 22.1. The molecule has 0 aliphatic heterocycles.